The van der Waals surface area contributed by atoms with Gasteiger partial charge in [-0.1, -0.05) is 47.5 Å². The molecule has 0 heterocycles. The van der Waals surface area contributed by atoms with Gasteiger partial charge in [0.05, 0.1) is 10.6 Å². The minimum atomic E-state index is -4.11. The van der Waals surface area contributed by atoms with Crippen molar-refractivity contribution in [2.24, 2.45) is 0 Å². The van der Waals surface area contributed by atoms with Crippen LogP contribution in [0.3, 0.4) is 0 Å². The van der Waals surface area contributed by atoms with Gasteiger partial charge in [0.1, 0.15) is 12.6 Å². The minimum Gasteiger partial charge on any atom is -0.350 e. The van der Waals surface area contributed by atoms with E-state index in [0.29, 0.717) is 10.7 Å². The highest BCUT2D eigenvalue weighted by Gasteiger charge is 2.33. The summed E-state index contributed by atoms with van der Waals surface area (Å²) in [5.41, 5.74) is 3.42. The number of hydrogen-bond acceptors (Lipinski definition) is 4. The van der Waals surface area contributed by atoms with Crippen LogP contribution in [0.4, 0.5) is 5.69 Å². The summed E-state index contributed by atoms with van der Waals surface area (Å²) >= 11 is 6.06. The number of hydrogen-bond donors (Lipinski definition) is 1. The van der Waals surface area contributed by atoms with E-state index in [0.717, 1.165) is 26.6 Å². The van der Waals surface area contributed by atoms with E-state index in [4.69, 9.17) is 11.6 Å². The molecule has 3 aromatic carbocycles. The van der Waals surface area contributed by atoms with Crippen molar-refractivity contribution in [3.8, 4) is 0 Å². The van der Waals surface area contributed by atoms with E-state index in [-0.39, 0.29) is 17.3 Å². The molecule has 0 spiro atoms. The molecule has 1 atom stereocenters. The van der Waals surface area contributed by atoms with Crippen molar-refractivity contribution < 1.29 is 18.0 Å². The fraction of sp³-hybridized carbons (Fsp3) is 0.355. The molecule has 0 bridgehead atoms. The van der Waals surface area contributed by atoms with Crippen LogP contribution in [-0.2, 0) is 26.2 Å². The fourth-order valence-corrected chi connectivity index (χ4v) is 5.62. The summed E-state index contributed by atoms with van der Waals surface area (Å²) < 4.78 is 29.0. The molecule has 40 heavy (non-hydrogen) atoms. The van der Waals surface area contributed by atoms with Crippen LogP contribution in [0.5, 0.6) is 0 Å². The number of anilines is 1. The van der Waals surface area contributed by atoms with Gasteiger partial charge in [-0.05, 0) is 102 Å². The summed E-state index contributed by atoms with van der Waals surface area (Å²) in [7, 11) is -4.11. The molecule has 9 heteroatoms. The average molecular weight is 584 g/mol. The molecule has 0 aliphatic carbocycles. The van der Waals surface area contributed by atoms with Crippen molar-refractivity contribution in [1.82, 2.24) is 10.2 Å². The van der Waals surface area contributed by atoms with Gasteiger partial charge in [0.2, 0.25) is 11.8 Å². The zero-order valence-electron chi connectivity index (χ0n) is 24.2. The minimum absolute atomic E-state index is 0.0758. The Hall–Kier alpha value is -3.36. The number of sulfonamides is 1. The second-order valence-electron chi connectivity index (χ2n) is 11.2. The lowest BCUT2D eigenvalue weighted by Crippen LogP contribution is -2.54. The van der Waals surface area contributed by atoms with Crippen LogP contribution in [0.25, 0.3) is 0 Å². The van der Waals surface area contributed by atoms with Crippen molar-refractivity contribution in [2.75, 3.05) is 10.8 Å². The van der Waals surface area contributed by atoms with Gasteiger partial charge in [0.25, 0.3) is 10.0 Å². The first-order chi connectivity index (χ1) is 18.6. The third-order valence-electron chi connectivity index (χ3n) is 6.60. The van der Waals surface area contributed by atoms with Crippen molar-refractivity contribution in [1.29, 1.82) is 0 Å². The standard InChI is InChI=1S/C31H38ClN3O4S/c1-21-8-16-28(17-9-21)40(38,39)35(27-15-10-22(2)23(3)18-27)20-29(36)34(19-25-11-13-26(32)14-12-25)24(4)30(37)33-31(5,6)7/h8-18,24H,19-20H2,1-7H3,(H,33,37)/t24-/m1/s1. The lowest BCUT2D eigenvalue weighted by molar-refractivity contribution is -0.140. The molecule has 0 saturated heterocycles. The van der Waals surface area contributed by atoms with Crippen molar-refractivity contribution in [3.63, 3.8) is 0 Å². The number of carbonyl (C=O) groups excluding carboxylic acids is 2. The predicted molar refractivity (Wildman–Crippen MR) is 161 cm³/mol. The number of halogens is 1. The Balaban J connectivity index is 2.06. The maximum absolute atomic E-state index is 14.0. The van der Waals surface area contributed by atoms with Crippen LogP contribution in [0.2, 0.25) is 5.02 Å². The highest BCUT2D eigenvalue weighted by molar-refractivity contribution is 7.92. The van der Waals surface area contributed by atoms with E-state index in [2.05, 4.69) is 5.32 Å². The molecule has 2 amide bonds. The SMILES string of the molecule is Cc1ccc(S(=O)(=O)N(CC(=O)N(Cc2ccc(Cl)cc2)[C@H](C)C(=O)NC(C)(C)C)c2ccc(C)c(C)c2)cc1. The molecule has 3 rings (SSSR count). The van der Waals surface area contributed by atoms with Gasteiger partial charge in [-0.2, -0.15) is 0 Å². The van der Waals surface area contributed by atoms with Crippen molar-refractivity contribution in [2.45, 2.75) is 71.5 Å². The lowest BCUT2D eigenvalue weighted by atomic mass is 10.1. The van der Waals surface area contributed by atoms with Gasteiger partial charge in [0.15, 0.2) is 0 Å². The summed E-state index contributed by atoms with van der Waals surface area (Å²) in [6.07, 6.45) is 0. The normalized spacial score (nSPS) is 12.5. The number of benzene rings is 3. The maximum atomic E-state index is 14.0. The van der Waals surface area contributed by atoms with Gasteiger partial charge >= 0.3 is 0 Å². The zero-order valence-corrected chi connectivity index (χ0v) is 25.7. The van der Waals surface area contributed by atoms with E-state index < -0.39 is 34.1 Å². The summed E-state index contributed by atoms with van der Waals surface area (Å²) in [6.45, 7) is 12.5. The first-order valence-electron chi connectivity index (χ1n) is 13.1. The summed E-state index contributed by atoms with van der Waals surface area (Å²) in [5.74, 6) is -0.852. The Morgan fingerprint density at radius 3 is 2.05 bits per heavy atom. The summed E-state index contributed by atoms with van der Waals surface area (Å²) in [4.78, 5) is 28.7. The number of carbonyl (C=O) groups is 2. The smallest absolute Gasteiger partial charge is 0.264 e. The second-order valence-corrected chi connectivity index (χ2v) is 13.5. The molecule has 0 unspecified atom stereocenters. The van der Waals surface area contributed by atoms with Crippen LogP contribution in [0, 0.1) is 20.8 Å². The number of amides is 2. The molecule has 3 aromatic rings. The van der Waals surface area contributed by atoms with Crippen molar-refractivity contribution >= 4 is 39.1 Å². The number of nitrogens with zero attached hydrogens (tertiary/aromatic N) is 2. The first kappa shape index (κ1) is 31.2. The number of nitrogens with one attached hydrogen (secondary N) is 1. The Kier molecular flexibility index (Phi) is 9.69. The van der Waals surface area contributed by atoms with E-state index in [1.165, 1.54) is 17.0 Å². The van der Waals surface area contributed by atoms with E-state index in [1.807, 2.05) is 47.6 Å². The molecule has 0 aliphatic rings. The molecule has 0 aliphatic heterocycles. The van der Waals surface area contributed by atoms with Crippen molar-refractivity contribution in [3.05, 3.63) is 94.0 Å². The van der Waals surface area contributed by atoms with Crippen LogP contribution in [-0.4, -0.2) is 43.3 Å². The van der Waals surface area contributed by atoms with E-state index in [1.54, 1.807) is 55.5 Å². The molecule has 0 fully saturated rings. The fourth-order valence-electron chi connectivity index (χ4n) is 4.09. The third-order valence-corrected chi connectivity index (χ3v) is 8.64. The predicted octanol–water partition coefficient (Wildman–Crippen LogP) is 5.79. The highest BCUT2D eigenvalue weighted by Crippen LogP contribution is 2.27. The topological polar surface area (TPSA) is 86.8 Å². The van der Waals surface area contributed by atoms with Crippen LogP contribution < -0.4 is 9.62 Å². The van der Waals surface area contributed by atoms with Gasteiger partial charge in [-0.15, -0.1) is 0 Å². The Morgan fingerprint density at radius 1 is 0.900 bits per heavy atom. The zero-order chi connectivity index (χ0) is 29.8. The third kappa shape index (κ3) is 7.86. The first-order valence-corrected chi connectivity index (χ1v) is 14.9. The van der Waals surface area contributed by atoms with Crippen LogP contribution in [0.1, 0.15) is 49.9 Å². The molecule has 214 valence electrons. The van der Waals surface area contributed by atoms with E-state index in [9.17, 15) is 18.0 Å². The van der Waals surface area contributed by atoms with Gasteiger partial charge in [-0.3, -0.25) is 13.9 Å². The molecular weight excluding hydrogens is 546 g/mol. The average Bonchev–Trinajstić information content (AvgIpc) is 2.87. The highest BCUT2D eigenvalue weighted by atomic mass is 35.5. The Bertz CT molecular complexity index is 1460. The quantitative estimate of drug-likeness (QED) is 0.345. The Morgan fingerprint density at radius 2 is 1.50 bits per heavy atom. The number of rotatable bonds is 9. The monoisotopic (exact) mass is 583 g/mol. The second kappa shape index (κ2) is 12.4. The summed E-state index contributed by atoms with van der Waals surface area (Å²) in [5, 5.41) is 3.47. The van der Waals surface area contributed by atoms with Gasteiger partial charge in [0, 0.05) is 17.1 Å². The molecule has 0 saturated carbocycles. The number of aryl methyl sites for hydroxylation is 3. The molecule has 0 aromatic heterocycles. The summed E-state index contributed by atoms with van der Waals surface area (Å²) in [6, 6.07) is 17.9. The van der Waals surface area contributed by atoms with Gasteiger partial charge in [-0.25, -0.2) is 8.42 Å². The van der Waals surface area contributed by atoms with Crippen LogP contribution in [0.15, 0.2) is 71.6 Å². The molecule has 1 N–H and O–H groups in total. The lowest BCUT2D eigenvalue weighted by Gasteiger charge is -2.33. The molecule has 0 radical (unpaired) electrons. The Labute approximate surface area is 243 Å². The largest absolute Gasteiger partial charge is 0.350 e. The molecular formula is C31H38ClN3O4S. The van der Waals surface area contributed by atoms with Gasteiger partial charge < -0.3 is 10.2 Å². The van der Waals surface area contributed by atoms with E-state index >= 15 is 0 Å². The van der Waals surface area contributed by atoms with Crippen LogP contribution >= 0.6 is 11.6 Å². The maximum Gasteiger partial charge on any atom is 0.264 e. The molecule has 7 nitrogen and oxygen atoms in total.